The van der Waals surface area contributed by atoms with E-state index in [9.17, 15) is 18.3 Å². The van der Waals surface area contributed by atoms with Crippen LogP contribution < -0.4 is 0 Å². The zero-order valence-corrected chi connectivity index (χ0v) is 12.7. The molecule has 1 fully saturated rings. The Labute approximate surface area is 124 Å². The van der Waals surface area contributed by atoms with Crippen LogP contribution in [0, 0.1) is 0 Å². The molecule has 1 aromatic carbocycles. The monoisotopic (exact) mass is 313 g/mol. The Balaban J connectivity index is 2.39. The van der Waals surface area contributed by atoms with E-state index in [1.165, 1.54) is 16.4 Å². The van der Waals surface area contributed by atoms with E-state index < -0.39 is 16.0 Å². The summed E-state index contributed by atoms with van der Waals surface area (Å²) in [4.78, 5) is 11.3. The summed E-state index contributed by atoms with van der Waals surface area (Å²) >= 11 is 0. The topological polar surface area (TPSA) is 83.9 Å². The maximum Gasteiger partial charge on any atom is 0.336 e. The minimum absolute atomic E-state index is 0.0269. The van der Waals surface area contributed by atoms with E-state index >= 15 is 0 Å². The zero-order chi connectivity index (χ0) is 15.5. The Morgan fingerprint density at radius 3 is 2.76 bits per heavy atom. The molecule has 0 saturated carbocycles. The first-order valence-electron chi connectivity index (χ1n) is 6.91. The number of carboxylic acids is 1. The minimum Gasteiger partial charge on any atom is -0.478 e. The zero-order valence-electron chi connectivity index (χ0n) is 11.9. The summed E-state index contributed by atoms with van der Waals surface area (Å²) < 4.78 is 31.8. The summed E-state index contributed by atoms with van der Waals surface area (Å²) in [6, 6.07) is 4.30. The molecule has 1 saturated heterocycles. The number of nitrogens with zero attached hydrogens (tertiary/aromatic N) is 1. The minimum atomic E-state index is -3.68. The van der Waals surface area contributed by atoms with Crippen molar-refractivity contribution in [3.05, 3.63) is 29.3 Å². The van der Waals surface area contributed by atoms with Gasteiger partial charge in [-0.2, -0.15) is 4.31 Å². The summed E-state index contributed by atoms with van der Waals surface area (Å²) in [5.41, 5.74) is 0.672. The van der Waals surface area contributed by atoms with Gasteiger partial charge in [0.05, 0.1) is 17.1 Å². The third-order valence-corrected chi connectivity index (χ3v) is 5.41. The second kappa shape index (κ2) is 6.55. The first-order chi connectivity index (χ1) is 9.96. The van der Waals surface area contributed by atoms with Crippen molar-refractivity contribution >= 4 is 16.0 Å². The van der Waals surface area contributed by atoms with Gasteiger partial charge in [0, 0.05) is 19.7 Å². The van der Waals surface area contributed by atoms with Crippen molar-refractivity contribution in [1.29, 1.82) is 0 Å². The largest absolute Gasteiger partial charge is 0.478 e. The predicted octanol–water partition coefficient (Wildman–Crippen LogP) is 1.36. The summed E-state index contributed by atoms with van der Waals surface area (Å²) in [7, 11) is -3.68. The van der Waals surface area contributed by atoms with Gasteiger partial charge < -0.3 is 9.84 Å². The highest BCUT2D eigenvalue weighted by molar-refractivity contribution is 7.89. The third-order valence-electron chi connectivity index (χ3n) is 3.51. The number of benzene rings is 1. The lowest BCUT2D eigenvalue weighted by atomic mass is 10.1. The van der Waals surface area contributed by atoms with Crippen LogP contribution in [-0.4, -0.2) is 50.1 Å². The first kappa shape index (κ1) is 15.9. The number of hydrogen-bond acceptors (Lipinski definition) is 4. The molecule has 0 unspecified atom stereocenters. The van der Waals surface area contributed by atoms with E-state index in [0.717, 1.165) is 0 Å². The second-order valence-corrected chi connectivity index (χ2v) is 6.79. The molecule has 1 N–H and O–H groups in total. The fourth-order valence-corrected chi connectivity index (χ4v) is 3.83. The van der Waals surface area contributed by atoms with Crippen molar-refractivity contribution < 1.29 is 23.1 Å². The van der Waals surface area contributed by atoms with Gasteiger partial charge in [0.2, 0.25) is 10.0 Å². The van der Waals surface area contributed by atoms with Crippen LogP contribution in [0.5, 0.6) is 0 Å². The third kappa shape index (κ3) is 3.42. The molecule has 0 amide bonds. The Hall–Kier alpha value is -1.44. The summed E-state index contributed by atoms with van der Waals surface area (Å²) in [6.07, 6.45) is 1.18. The molecule has 7 heteroatoms. The van der Waals surface area contributed by atoms with Gasteiger partial charge in [0.25, 0.3) is 0 Å². The van der Waals surface area contributed by atoms with Gasteiger partial charge in [0.1, 0.15) is 0 Å². The highest BCUT2D eigenvalue weighted by Crippen LogP contribution is 2.21. The number of carboxylic acid groups (broad SMARTS) is 1. The molecule has 0 spiro atoms. The van der Waals surface area contributed by atoms with Crippen molar-refractivity contribution in [2.45, 2.75) is 24.7 Å². The van der Waals surface area contributed by atoms with E-state index in [1.807, 2.05) is 6.92 Å². The maximum atomic E-state index is 12.6. The van der Waals surface area contributed by atoms with Gasteiger partial charge >= 0.3 is 5.97 Å². The number of carbonyl (C=O) groups is 1. The van der Waals surface area contributed by atoms with Gasteiger partial charge in [-0.05, 0) is 30.5 Å². The Bertz CT molecular complexity index is 618. The molecule has 0 aliphatic carbocycles. The van der Waals surface area contributed by atoms with Crippen LogP contribution in [-0.2, 0) is 21.2 Å². The van der Waals surface area contributed by atoms with Crippen LogP contribution in [0.25, 0.3) is 0 Å². The number of aromatic carboxylic acids is 1. The molecule has 116 valence electrons. The summed E-state index contributed by atoms with van der Waals surface area (Å²) in [5, 5.41) is 9.21. The van der Waals surface area contributed by atoms with Gasteiger partial charge in [-0.1, -0.05) is 13.0 Å². The molecular weight excluding hydrogens is 294 g/mol. The van der Waals surface area contributed by atoms with Crippen molar-refractivity contribution in [3.8, 4) is 0 Å². The molecule has 0 atom stereocenters. The Kier molecular flexibility index (Phi) is 4.97. The molecule has 21 heavy (non-hydrogen) atoms. The molecule has 2 rings (SSSR count). The standard InChI is InChI=1S/C14H19NO5S/c1-2-11-4-5-12(10-13(11)14(16)17)21(18,19)15-6-3-8-20-9-7-15/h4-5,10H,2-3,6-9H2,1H3,(H,16,17). The molecule has 6 nitrogen and oxygen atoms in total. The normalized spacial score (nSPS) is 17.4. The average Bonchev–Trinajstić information content (AvgIpc) is 2.76. The molecule has 1 aliphatic heterocycles. The lowest BCUT2D eigenvalue weighted by molar-refractivity contribution is 0.0695. The molecule has 1 heterocycles. The van der Waals surface area contributed by atoms with Gasteiger partial charge in [0.15, 0.2) is 0 Å². The van der Waals surface area contributed by atoms with E-state index in [1.54, 1.807) is 6.07 Å². The van der Waals surface area contributed by atoms with E-state index in [0.29, 0.717) is 44.7 Å². The van der Waals surface area contributed by atoms with Crippen molar-refractivity contribution in [1.82, 2.24) is 4.31 Å². The van der Waals surface area contributed by atoms with Crippen LogP contribution >= 0.6 is 0 Å². The fraction of sp³-hybridized carbons (Fsp3) is 0.500. The number of ether oxygens (including phenoxy) is 1. The van der Waals surface area contributed by atoms with Gasteiger partial charge in [-0.3, -0.25) is 0 Å². The van der Waals surface area contributed by atoms with E-state index in [2.05, 4.69) is 0 Å². The van der Waals surface area contributed by atoms with Crippen LogP contribution in [0.2, 0.25) is 0 Å². The molecule has 1 aliphatic rings. The Morgan fingerprint density at radius 1 is 1.33 bits per heavy atom. The van der Waals surface area contributed by atoms with Crippen molar-refractivity contribution in [2.75, 3.05) is 26.3 Å². The fourth-order valence-electron chi connectivity index (χ4n) is 2.34. The molecule has 0 bridgehead atoms. The first-order valence-corrected chi connectivity index (χ1v) is 8.35. The average molecular weight is 313 g/mol. The van der Waals surface area contributed by atoms with Gasteiger partial charge in [-0.25, -0.2) is 13.2 Å². The number of sulfonamides is 1. The predicted molar refractivity (Wildman–Crippen MR) is 77.0 cm³/mol. The van der Waals surface area contributed by atoms with Crippen LogP contribution in [0.15, 0.2) is 23.1 Å². The lowest BCUT2D eigenvalue weighted by Gasteiger charge is -2.20. The lowest BCUT2D eigenvalue weighted by Crippen LogP contribution is -2.33. The SMILES string of the molecule is CCc1ccc(S(=O)(=O)N2CCCOCC2)cc1C(=O)O. The van der Waals surface area contributed by atoms with Crippen LogP contribution in [0.4, 0.5) is 0 Å². The van der Waals surface area contributed by atoms with Crippen molar-refractivity contribution in [3.63, 3.8) is 0 Å². The number of rotatable bonds is 4. The van der Waals surface area contributed by atoms with Gasteiger partial charge in [-0.15, -0.1) is 0 Å². The van der Waals surface area contributed by atoms with E-state index in [-0.39, 0.29) is 10.5 Å². The quantitative estimate of drug-likeness (QED) is 0.907. The Morgan fingerprint density at radius 2 is 2.10 bits per heavy atom. The molecule has 0 aromatic heterocycles. The molecular formula is C14H19NO5S. The van der Waals surface area contributed by atoms with E-state index in [4.69, 9.17) is 4.74 Å². The second-order valence-electron chi connectivity index (χ2n) is 4.85. The number of aryl methyl sites for hydroxylation is 1. The number of hydrogen-bond donors (Lipinski definition) is 1. The van der Waals surface area contributed by atoms with Crippen LogP contribution in [0.3, 0.4) is 0 Å². The van der Waals surface area contributed by atoms with Crippen LogP contribution in [0.1, 0.15) is 29.3 Å². The maximum absolute atomic E-state index is 12.6. The highest BCUT2D eigenvalue weighted by atomic mass is 32.2. The summed E-state index contributed by atoms with van der Waals surface area (Å²) in [6.45, 7) is 3.42. The van der Waals surface area contributed by atoms with Crippen molar-refractivity contribution in [2.24, 2.45) is 0 Å². The highest BCUT2D eigenvalue weighted by Gasteiger charge is 2.26. The molecule has 0 radical (unpaired) electrons. The smallest absolute Gasteiger partial charge is 0.336 e. The summed E-state index contributed by atoms with van der Waals surface area (Å²) in [5.74, 6) is -1.11. The molecule has 1 aromatic rings.